The summed E-state index contributed by atoms with van der Waals surface area (Å²) in [5.41, 5.74) is 1.45. The highest BCUT2D eigenvalue weighted by molar-refractivity contribution is 7.09. The largest absolute Gasteiger partial charge is 0.478 e. The number of benzene rings is 2. The van der Waals surface area contributed by atoms with E-state index in [1.807, 2.05) is 0 Å². The fourth-order valence-corrected chi connectivity index (χ4v) is 4.42. The molecule has 0 radical (unpaired) electrons. The Balaban J connectivity index is 1.74. The summed E-state index contributed by atoms with van der Waals surface area (Å²) >= 11 is 1.15. The molecule has 0 bridgehead atoms. The topological polar surface area (TPSA) is 59.3 Å². The molecule has 8 heteroatoms. The van der Waals surface area contributed by atoms with Gasteiger partial charge in [0.05, 0.1) is 23.4 Å². The van der Waals surface area contributed by atoms with Crippen molar-refractivity contribution in [1.82, 2.24) is 4.57 Å². The van der Waals surface area contributed by atoms with Crippen molar-refractivity contribution in [2.45, 2.75) is 31.5 Å². The first-order valence-corrected chi connectivity index (χ1v) is 9.79. The SMILES string of the molecule is O=C(O)c1ccc(-c2c(C3CC3)sc(=O)n2Cc2ccc(C(F)(F)F)cc2)cc1. The van der Waals surface area contributed by atoms with Crippen LogP contribution in [-0.4, -0.2) is 15.6 Å². The van der Waals surface area contributed by atoms with Crippen molar-refractivity contribution in [2.75, 3.05) is 0 Å². The monoisotopic (exact) mass is 419 g/mol. The fraction of sp³-hybridized carbons (Fsp3) is 0.238. The quantitative estimate of drug-likeness (QED) is 0.617. The number of aromatic nitrogens is 1. The van der Waals surface area contributed by atoms with Gasteiger partial charge < -0.3 is 5.11 Å². The molecule has 1 heterocycles. The van der Waals surface area contributed by atoms with Crippen molar-refractivity contribution >= 4 is 17.3 Å². The third-order valence-electron chi connectivity index (χ3n) is 4.90. The molecule has 4 rings (SSSR count). The van der Waals surface area contributed by atoms with Crippen LogP contribution in [0.2, 0.25) is 0 Å². The minimum Gasteiger partial charge on any atom is -0.478 e. The lowest BCUT2D eigenvalue weighted by molar-refractivity contribution is -0.137. The summed E-state index contributed by atoms with van der Waals surface area (Å²) in [7, 11) is 0. The Morgan fingerprint density at radius 1 is 1.07 bits per heavy atom. The van der Waals surface area contributed by atoms with E-state index in [2.05, 4.69) is 0 Å². The molecule has 1 aliphatic carbocycles. The van der Waals surface area contributed by atoms with E-state index >= 15 is 0 Å². The third kappa shape index (κ3) is 3.98. The molecule has 3 aromatic rings. The molecule has 0 aliphatic heterocycles. The van der Waals surface area contributed by atoms with E-state index in [4.69, 9.17) is 5.11 Å². The highest BCUT2D eigenvalue weighted by atomic mass is 32.1. The van der Waals surface area contributed by atoms with Gasteiger partial charge in [0.1, 0.15) is 0 Å². The number of aromatic carboxylic acids is 1. The molecule has 0 atom stereocenters. The second-order valence-electron chi connectivity index (χ2n) is 7.02. The smallest absolute Gasteiger partial charge is 0.416 e. The van der Waals surface area contributed by atoms with Gasteiger partial charge in [-0.15, -0.1) is 0 Å². The van der Waals surface area contributed by atoms with Crippen LogP contribution in [0.15, 0.2) is 53.3 Å². The average molecular weight is 419 g/mol. The predicted molar refractivity (Wildman–Crippen MR) is 103 cm³/mol. The molecule has 2 aromatic carbocycles. The molecular formula is C21H16F3NO3S. The molecule has 1 aliphatic rings. The molecule has 1 aromatic heterocycles. The molecule has 4 nitrogen and oxygen atoms in total. The van der Waals surface area contributed by atoms with Gasteiger partial charge >= 0.3 is 17.0 Å². The summed E-state index contributed by atoms with van der Waals surface area (Å²) in [6.45, 7) is 0.149. The number of nitrogens with zero attached hydrogens (tertiary/aromatic N) is 1. The third-order valence-corrected chi connectivity index (χ3v) is 6.04. The summed E-state index contributed by atoms with van der Waals surface area (Å²) in [6.07, 6.45) is -2.44. The van der Waals surface area contributed by atoms with Crippen molar-refractivity contribution in [3.05, 3.63) is 79.8 Å². The zero-order valence-electron chi connectivity index (χ0n) is 15.1. The molecule has 150 valence electrons. The number of hydrogen-bond acceptors (Lipinski definition) is 3. The lowest BCUT2D eigenvalue weighted by atomic mass is 10.1. The first-order chi connectivity index (χ1) is 13.7. The van der Waals surface area contributed by atoms with Crippen LogP contribution < -0.4 is 4.87 Å². The van der Waals surface area contributed by atoms with Gasteiger partial charge in [-0.3, -0.25) is 9.36 Å². The molecule has 0 amide bonds. The van der Waals surface area contributed by atoms with Crippen LogP contribution in [0, 0.1) is 0 Å². The van der Waals surface area contributed by atoms with E-state index in [0.717, 1.165) is 52.4 Å². The van der Waals surface area contributed by atoms with Crippen molar-refractivity contribution in [3.63, 3.8) is 0 Å². The van der Waals surface area contributed by atoms with E-state index in [0.29, 0.717) is 11.5 Å². The zero-order chi connectivity index (χ0) is 20.8. The average Bonchev–Trinajstić information content (AvgIpc) is 3.47. The Morgan fingerprint density at radius 3 is 2.21 bits per heavy atom. The van der Waals surface area contributed by atoms with Gasteiger partial charge in [-0.05, 0) is 54.2 Å². The summed E-state index contributed by atoms with van der Waals surface area (Å²) in [4.78, 5) is 24.6. The minimum absolute atomic E-state index is 0.147. The Kier molecular flexibility index (Phi) is 4.82. The second kappa shape index (κ2) is 7.18. The lowest BCUT2D eigenvalue weighted by Crippen LogP contribution is -2.15. The van der Waals surface area contributed by atoms with Crippen molar-refractivity contribution in [2.24, 2.45) is 0 Å². The first-order valence-electron chi connectivity index (χ1n) is 8.97. The first kappa shape index (κ1) is 19.4. The van der Waals surface area contributed by atoms with Crippen LogP contribution in [0.1, 0.15) is 45.1 Å². The van der Waals surface area contributed by atoms with Gasteiger partial charge in [0.25, 0.3) is 0 Å². The van der Waals surface area contributed by atoms with Gasteiger partial charge in [-0.25, -0.2) is 4.79 Å². The predicted octanol–water partition coefficient (Wildman–Crippen LogP) is 5.22. The van der Waals surface area contributed by atoms with Gasteiger partial charge in [0.2, 0.25) is 0 Å². The number of rotatable bonds is 5. The van der Waals surface area contributed by atoms with E-state index in [-0.39, 0.29) is 17.0 Å². The van der Waals surface area contributed by atoms with Gasteiger partial charge in [0.15, 0.2) is 0 Å². The number of carbonyl (C=O) groups is 1. The van der Waals surface area contributed by atoms with Crippen LogP contribution in [-0.2, 0) is 12.7 Å². The van der Waals surface area contributed by atoms with Gasteiger partial charge in [-0.1, -0.05) is 35.6 Å². The molecule has 0 spiro atoms. The standard InChI is InChI=1S/C21H16F3NO3S/c22-21(23,24)16-9-1-12(2-10-16)11-25-17(18(14-5-6-14)29-20(25)28)13-3-7-15(8-4-13)19(26)27/h1-4,7-10,14H,5-6,11H2,(H,26,27). The molecule has 1 fully saturated rings. The van der Waals surface area contributed by atoms with Gasteiger partial charge in [0, 0.05) is 4.88 Å². The second-order valence-corrected chi connectivity index (χ2v) is 8.01. The number of hydrogen-bond donors (Lipinski definition) is 1. The number of carboxylic acid groups (broad SMARTS) is 1. The minimum atomic E-state index is -4.41. The Hall–Kier alpha value is -2.87. The maximum atomic E-state index is 12.8. The van der Waals surface area contributed by atoms with E-state index in [1.54, 1.807) is 16.7 Å². The van der Waals surface area contributed by atoms with Gasteiger partial charge in [-0.2, -0.15) is 13.2 Å². The van der Waals surface area contributed by atoms with Crippen LogP contribution in [0.25, 0.3) is 11.3 Å². The Morgan fingerprint density at radius 2 is 1.69 bits per heavy atom. The molecule has 1 saturated carbocycles. The van der Waals surface area contributed by atoms with Crippen molar-refractivity contribution < 1.29 is 23.1 Å². The normalized spacial score (nSPS) is 14.2. The molecule has 1 N–H and O–H groups in total. The van der Waals surface area contributed by atoms with Crippen molar-refractivity contribution in [3.8, 4) is 11.3 Å². The highest BCUT2D eigenvalue weighted by Crippen LogP contribution is 2.46. The van der Waals surface area contributed by atoms with Crippen LogP contribution >= 0.6 is 11.3 Å². The van der Waals surface area contributed by atoms with Crippen molar-refractivity contribution in [1.29, 1.82) is 0 Å². The number of alkyl halides is 3. The van der Waals surface area contributed by atoms with E-state index in [9.17, 15) is 22.8 Å². The summed E-state index contributed by atoms with van der Waals surface area (Å²) in [5.74, 6) is -0.734. The summed E-state index contributed by atoms with van der Waals surface area (Å²) < 4.78 is 39.9. The van der Waals surface area contributed by atoms with Crippen LogP contribution in [0.5, 0.6) is 0 Å². The Labute approximate surface area is 167 Å². The fourth-order valence-electron chi connectivity index (χ4n) is 3.24. The number of halogens is 3. The zero-order valence-corrected chi connectivity index (χ0v) is 15.9. The van der Waals surface area contributed by atoms with Crippen LogP contribution in [0.4, 0.5) is 13.2 Å². The van der Waals surface area contributed by atoms with E-state index < -0.39 is 17.7 Å². The molecule has 0 unspecified atom stereocenters. The summed E-state index contributed by atoms with van der Waals surface area (Å²) in [5, 5.41) is 9.10. The molecular weight excluding hydrogens is 403 g/mol. The Bertz CT molecular complexity index is 1110. The summed E-state index contributed by atoms with van der Waals surface area (Å²) in [6, 6.07) is 11.1. The maximum absolute atomic E-state index is 12.8. The maximum Gasteiger partial charge on any atom is 0.416 e. The molecule has 0 saturated heterocycles. The molecule has 29 heavy (non-hydrogen) atoms. The lowest BCUT2D eigenvalue weighted by Gasteiger charge is -2.12. The number of thiazole rings is 1. The highest BCUT2D eigenvalue weighted by Gasteiger charge is 2.32. The van der Waals surface area contributed by atoms with Crippen LogP contribution in [0.3, 0.4) is 0 Å². The number of carboxylic acids is 1. The van der Waals surface area contributed by atoms with E-state index in [1.165, 1.54) is 24.3 Å².